The Morgan fingerprint density at radius 3 is 2.50 bits per heavy atom. The third-order valence-electron chi connectivity index (χ3n) is 4.99. The molecule has 0 radical (unpaired) electrons. The van der Waals surface area contributed by atoms with E-state index in [0.29, 0.717) is 0 Å². The molecule has 2 aliphatic heterocycles. The van der Waals surface area contributed by atoms with Crippen LogP contribution in [-0.2, 0) is 20.8 Å². The van der Waals surface area contributed by atoms with Crippen molar-refractivity contribution in [3.05, 3.63) is 59.9 Å². The summed E-state index contributed by atoms with van der Waals surface area (Å²) in [6, 6.07) is 9.65. The maximum atomic E-state index is 14.5. The monoisotopic (exact) mass is 487 g/mol. The maximum absolute atomic E-state index is 14.5. The number of hydrogen-bond acceptors (Lipinski definition) is 6. The molecule has 2 aromatic rings. The van der Waals surface area contributed by atoms with Crippen molar-refractivity contribution in [2.24, 2.45) is 4.99 Å². The number of benzene rings is 2. The number of carbonyl (C=O) groups excluding carboxylic acids is 1. The van der Waals surface area contributed by atoms with Crippen molar-refractivity contribution in [2.45, 2.75) is 17.5 Å². The number of nitrogens with one attached hydrogen (secondary N) is 1. The van der Waals surface area contributed by atoms with Crippen molar-refractivity contribution in [1.82, 2.24) is 0 Å². The maximum Gasteiger partial charge on any atom is 0.418 e. The van der Waals surface area contributed by atoms with Crippen molar-refractivity contribution in [3.8, 4) is 0 Å². The summed E-state index contributed by atoms with van der Waals surface area (Å²) < 4.78 is 77.9. The van der Waals surface area contributed by atoms with Gasteiger partial charge in [0.2, 0.25) is 5.91 Å². The minimum atomic E-state index is -4.66. The molecule has 0 saturated carbocycles. The summed E-state index contributed by atoms with van der Waals surface area (Å²) in [7, 11) is -3.22. The lowest BCUT2D eigenvalue weighted by atomic mass is 10.1. The Bertz CT molecular complexity index is 1180. The molecule has 2 aromatic carbocycles. The van der Waals surface area contributed by atoms with Crippen molar-refractivity contribution in [2.75, 3.05) is 28.3 Å². The molecular weight excluding hydrogens is 470 g/mol. The van der Waals surface area contributed by atoms with Crippen LogP contribution in [0.5, 0.6) is 0 Å². The lowest BCUT2D eigenvalue weighted by Crippen LogP contribution is -2.37. The standard InChI is InChI=1S/C20H17F4N3O3S2/c21-13-6-2-4-8-16(13)27(19-26-15-10-32(29,30)11-17(15)31-19)9-18(28)25-14-7-3-1-5-12(14)20(22,23)24/h1-8,15,17H,9-11H2,(H,25,28)/t15-,17-/m1/s1. The summed E-state index contributed by atoms with van der Waals surface area (Å²) in [5.41, 5.74) is -1.40. The zero-order valence-corrected chi connectivity index (χ0v) is 18.0. The first kappa shape index (κ1) is 22.6. The summed E-state index contributed by atoms with van der Waals surface area (Å²) in [6.07, 6.45) is -4.66. The van der Waals surface area contributed by atoms with Gasteiger partial charge in [-0.3, -0.25) is 9.79 Å². The van der Waals surface area contributed by atoms with Gasteiger partial charge in [0.05, 0.1) is 34.5 Å². The highest BCUT2D eigenvalue weighted by atomic mass is 32.2. The van der Waals surface area contributed by atoms with Crippen LogP contribution in [0.15, 0.2) is 53.5 Å². The number of amides is 1. The van der Waals surface area contributed by atoms with Gasteiger partial charge in [0.25, 0.3) is 0 Å². The lowest BCUT2D eigenvalue weighted by molar-refractivity contribution is -0.137. The first-order chi connectivity index (χ1) is 15.0. The number of fused-ring (bicyclic) bond motifs is 1. The molecule has 2 aliphatic rings. The van der Waals surface area contributed by atoms with Crippen LogP contribution in [-0.4, -0.2) is 48.8 Å². The highest BCUT2D eigenvalue weighted by molar-refractivity contribution is 8.15. The molecule has 0 bridgehead atoms. The Morgan fingerprint density at radius 1 is 1.12 bits per heavy atom. The van der Waals surface area contributed by atoms with E-state index in [2.05, 4.69) is 10.3 Å². The topological polar surface area (TPSA) is 78.8 Å². The Labute approximate surface area is 185 Å². The van der Waals surface area contributed by atoms with Crippen LogP contribution in [0.2, 0.25) is 0 Å². The molecule has 170 valence electrons. The third-order valence-corrected chi connectivity index (χ3v) is 8.24. The highest BCUT2D eigenvalue weighted by Crippen LogP contribution is 2.38. The number of hydrogen-bond donors (Lipinski definition) is 1. The minimum absolute atomic E-state index is 0.0147. The summed E-state index contributed by atoms with van der Waals surface area (Å²) >= 11 is 1.12. The Kier molecular flexibility index (Phi) is 5.93. The van der Waals surface area contributed by atoms with Crippen LogP contribution < -0.4 is 10.2 Å². The van der Waals surface area contributed by atoms with Gasteiger partial charge in [0, 0.05) is 5.25 Å². The SMILES string of the molecule is O=C(CN(C1=N[C@@H]2CS(=O)(=O)C[C@H]2S1)c1ccccc1F)Nc1ccccc1C(F)(F)F. The lowest BCUT2D eigenvalue weighted by Gasteiger charge is -2.25. The molecule has 0 aliphatic carbocycles. The predicted octanol–water partition coefficient (Wildman–Crippen LogP) is 3.56. The van der Waals surface area contributed by atoms with Gasteiger partial charge in [-0.05, 0) is 24.3 Å². The van der Waals surface area contributed by atoms with Crippen molar-refractivity contribution < 1.29 is 30.8 Å². The van der Waals surface area contributed by atoms with Crippen LogP contribution in [0.4, 0.5) is 28.9 Å². The molecule has 4 rings (SSSR count). The number of aliphatic imine (C=N–C) groups is 1. The number of anilines is 2. The normalized spacial score (nSPS) is 21.7. The number of alkyl halides is 3. The molecule has 12 heteroatoms. The molecule has 6 nitrogen and oxygen atoms in total. The number of thioether (sulfide) groups is 1. The van der Waals surface area contributed by atoms with E-state index in [1.165, 1.54) is 35.2 Å². The molecule has 0 unspecified atom stereocenters. The van der Waals surface area contributed by atoms with Gasteiger partial charge in [-0.25, -0.2) is 12.8 Å². The second-order valence-electron chi connectivity index (χ2n) is 7.34. The fourth-order valence-electron chi connectivity index (χ4n) is 3.57. The summed E-state index contributed by atoms with van der Waals surface area (Å²) in [4.78, 5) is 18.3. The largest absolute Gasteiger partial charge is 0.418 e. The smallest absolute Gasteiger partial charge is 0.324 e. The van der Waals surface area contributed by atoms with E-state index in [9.17, 15) is 30.8 Å². The first-order valence-electron chi connectivity index (χ1n) is 9.46. The fourth-order valence-corrected chi connectivity index (χ4v) is 7.34. The van der Waals surface area contributed by atoms with Gasteiger partial charge >= 0.3 is 6.18 Å². The zero-order valence-electron chi connectivity index (χ0n) is 16.3. The molecule has 32 heavy (non-hydrogen) atoms. The van der Waals surface area contributed by atoms with Crippen LogP contribution in [0.1, 0.15) is 5.56 Å². The molecule has 0 aromatic heterocycles. The predicted molar refractivity (Wildman–Crippen MR) is 115 cm³/mol. The second kappa shape index (κ2) is 8.39. The van der Waals surface area contributed by atoms with E-state index in [-0.39, 0.29) is 27.6 Å². The average molecular weight is 488 g/mol. The number of amidine groups is 1. The molecule has 2 atom stereocenters. The molecule has 2 heterocycles. The van der Waals surface area contributed by atoms with Gasteiger partial charge < -0.3 is 10.2 Å². The van der Waals surface area contributed by atoms with Gasteiger partial charge in [-0.1, -0.05) is 36.0 Å². The van der Waals surface area contributed by atoms with Crippen molar-refractivity contribution >= 4 is 44.0 Å². The summed E-state index contributed by atoms with van der Waals surface area (Å²) in [6.45, 7) is -0.509. The van der Waals surface area contributed by atoms with Gasteiger partial charge in [-0.15, -0.1) is 0 Å². The number of rotatable bonds is 4. The van der Waals surface area contributed by atoms with Gasteiger partial charge in [-0.2, -0.15) is 13.2 Å². The van der Waals surface area contributed by atoms with Gasteiger partial charge in [0.15, 0.2) is 15.0 Å². The number of para-hydroxylation sites is 2. The van der Waals surface area contributed by atoms with E-state index in [1.807, 2.05) is 0 Å². The van der Waals surface area contributed by atoms with E-state index < -0.39 is 51.6 Å². The van der Waals surface area contributed by atoms with Crippen molar-refractivity contribution in [3.63, 3.8) is 0 Å². The van der Waals surface area contributed by atoms with Crippen LogP contribution in [0.3, 0.4) is 0 Å². The van der Waals surface area contributed by atoms with Crippen LogP contribution >= 0.6 is 11.8 Å². The van der Waals surface area contributed by atoms with Gasteiger partial charge in [0.1, 0.15) is 12.4 Å². The Morgan fingerprint density at radius 2 is 1.81 bits per heavy atom. The van der Waals surface area contributed by atoms with Crippen LogP contribution in [0, 0.1) is 5.82 Å². The summed E-state index contributed by atoms with van der Waals surface area (Å²) in [5, 5.41) is 2.14. The highest BCUT2D eigenvalue weighted by Gasteiger charge is 2.44. The number of sulfone groups is 1. The first-order valence-corrected chi connectivity index (χ1v) is 12.2. The van der Waals surface area contributed by atoms with E-state index >= 15 is 0 Å². The third kappa shape index (κ3) is 4.75. The molecule has 1 N–H and O–H groups in total. The minimum Gasteiger partial charge on any atom is -0.324 e. The number of halogens is 4. The molecule has 0 spiro atoms. The van der Waals surface area contributed by atoms with E-state index in [4.69, 9.17) is 0 Å². The Hall–Kier alpha value is -2.60. The molecule has 1 amide bonds. The van der Waals surface area contributed by atoms with E-state index in [1.54, 1.807) is 6.07 Å². The quantitative estimate of drug-likeness (QED) is 0.668. The Balaban J connectivity index is 1.60. The fraction of sp³-hybridized carbons (Fsp3) is 0.300. The number of carbonyl (C=O) groups is 1. The zero-order chi connectivity index (χ0) is 23.1. The summed E-state index contributed by atoms with van der Waals surface area (Å²) in [5.74, 6) is -1.67. The molecule has 1 fully saturated rings. The number of nitrogens with zero attached hydrogens (tertiary/aromatic N) is 2. The van der Waals surface area contributed by atoms with Crippen LogP contribution in [0.25, 0.3) is 0 Å². The van der Waals surface area contributed by atoms with E-state index in [0.717, 1.165) is 23.9 Å². The second-order valence-corrected chi connectivity index (χ2v) is 10.7. The average Bonchev–Trinajstić information content (AvgIpc) is 3.20. The molecule has 1 saturated heterocycles. The molecular formula is C20H17F4N3O3S2. The van der Waals surface area contributed by atoms with Crippen molar-refractivity contribution in [1.29, 1.82) is 0 Å².